The van der Waals surface area contributed by atoms with Crippen molar-refractivity contribution in [3.05, 3.63) is 0 Å². The van der Waals surface area contributed by atoms with E-state index in [2.05, 4.69) is 30.6 Å². The summed E-state index contributed by atoms with van der Waals surface area (Å²) < 4.78 is 5.88. The quantitative estimate of drug-likeness (QED) is 0.830. The van der Waals surface area contributed by atoms with Gasteiger partial charge in [-0.1, -0.05) is 0 Å². The molecule has 0 bridgehead atoms. The molecule has 0 aromatic heterocycles. The van der Waals surface area contributed by atoms with Crippen molar-refractivity contribution < 1.29 is 4.74 Å². The van der Waals surface area contributed by atoms with Gasteiger partial charge in [0.25, 0.3) is 0 Å². The predicted octanol–water partition coefficient (Wildman–Crippen LogP) is 1.05. The van der Waals surface area contributed by atoms with Crippen molar-refractivity contribution in [2.75, 3.05) is 26.2 Å². The van der Waals surface area contributed by atoms with Gasteiger partial charge in [-0.2, -0.15) is 0 Å². The van der Waals surface area contributed by atoms with Crippen molar-refractivity contribution in [2.45, 2.75) is 69.9 Å². The van der Waals surface area contributed by atoms with E-state index in [0.29, 0.717) is 18.2 Å². The van der Waals surface area contributed by atoms with Gasteiger partial charge in [-0.15, -0.1) is 0 Å². The van der Waals surface area contributed by atoms with Crippen molar-refractivity contribution in [1.82, 2.24) is 9.80 Å². The molecule has 0 spiro atoms. The van der Waals surface area contributed by atoms with Crippen LogP contribution in [0.25, 0.3) is 0 Å². The largest absolute Gasteiger partial charge is 0.373 e. The Balaban J connectivity index is 1.75. The maximum Gasteiger partial charge on any atom is 0.0678 e. The van der Waals surface area contributed by atoms with Crippen molar-refractivity contribution >= 4 is 0 Å². The van der Waals surface area contributed by atoms with E-state index in [-0.39, 0.29) is 5.54 Å². The predicted molar refractivity (Wildman–Crippen MR) is 77.2 cm³/mol. The van der Waals surface area contributed by atoms with Gasteiger partial charge in [0.05, 0.1) is 12.2 Å². The standard InChI is InChI=1S/C15H29N3O/c1-11-6-15(9-16,10-18(11)14-4-5-14)17-7-12(2)19-13(3)8-17/h11-14H,4-10,16H2,1-3H3/t11?,12-,13+,15?. The highest BCUT2D eigenvalue weighted by Crippen LogP contribution is 2.40. The van der Waals surface area contributed by atoms with Crippen LogP contribution in [0.5, 0.6) is 0 Å². The smallest absolute Gasteiger partial charge is 0.0678 e. The molecule has 0 aromatic rings. The zero-order chi connectivity index (χ0) is 13.6. The topological polar surface area (TPSA) is 41.7 Å². The number of likely N-dealkylation sites (tertiary alicyclic amines) is 1. The molecule has 3 rings (SSSR count). The molecule has 2 heterocycles. The van der Waals surface area contributed by atoms with Gasteiger partial charge in [-0.3, -0.25) is 9.80 Å². The van der Waals surface area contributed by atoms with Gasteiger partial charge in [0.15, 0.2) is 0 Å². The minimum absolute atomic E-state index is 0.189. The van der Waals surface area contributed by atoms with E-state index in [9.17, 15) is 0 Å². The summed E-state index contributed by atoms with van der Waals surface area (Å²) in [5.74, 6) is 0. The number of hydrogen-bond donors (Lipinski definition) is 1. The fourth-order valence-corrected chi connectivity index (χ4v) is 4.19. The van der Waals surface area contributed by atoms with Gasteiger partial charge in [-0.05, 0) is 40.0 Å². The third-order valence-electron chi connectivity index (χ3n) is 5.20. The van der Waals surface area contributed by atoms with Crippen LogP contribution in [-0.2, 0) is 4.74 Å². The van der Waals surface area contributed by atoms with Gasteiger partial charge < -0.3 is 10.5 Å². The summed E-state index contributed by atoms with van der Waals surface area (Å²) in [5.41, 5.74) is 6.42. The van der Waals surface area contributed by atoms with Crippen LogP contribution in [-0.4, -0.2) is 65.8 Å². The molecular weight excluding hydrogens is 238 g/mol. The maximum atomic E-state index is 6.23. The Morgan fingerprint density at radius 3 is 2.32 bits per heavy atom. The number of nitrogens with two attached hydrogens (primary N) is 1. The van der Waals surface area contributed by atoms with Crippen molar-refractivity contribution in [3.8, 4) is 0 Å². The van der Waals surface area contributed by atoms with E-state index in [4.69, 9.17) is 10.5 Å². The molecule has 3 fully saturated rings. The lowest BCUT2D eigenvalue weighted by atomic mass is 9.92. The van der Waals surface area contributed by atoms with Crippen LogP contribution in [0.4, 0.5) is 0 Å². The first kappa shape index (κ1) is 13.8. The molecule has 4 atom stereocenters. The van der Waals surface area contributed by atoms with E-state index in [1.165, 1.54) is 19.3 Å². The number of morpholine rings is 1. The van der Waals surface area contributed by atoms with Crippen LogP contribution in [0, 0.1) is 0 Å². The molecule has 0 amide bonds. The molecule has 19 heavy (non-hydrogen) atoms. The van der Waals surface area contributed by atoms with Crippen molar-refractivity contribution in [2.24, 2.45) is 5.73 Å². The summed E-state index contributed by atoms with van der Waals surface area (Å²) in [6.45, 7) is 10.8. The Morgan fingerprint density at radius 2 is 1.79 bits per heavy atom. The number of hydrogen-bond acceptors (Lipinski definition) is 4. The lowest BCUT2D eigenvalue weighted by Crippen LogP contribution is -2.61. The molecule has 1 aliphatic carbocycles. The Bertz CT molecular complexity index is 323. The first-order valence-electron chi connectivity index (χ1n) is 7.90. The molecular formula is C15H29N3O. The van der Waals surface area contributed by atoms with Crippen LogP contribution in [0.3, 0.4) is 0 Å². The summed E-state index contributed by atoms with van der Waals surface area (Å²) in [4.78, 5) is 5.34. The third-order valence-corrected chi connectivity index (χ3v) is 5.20. The molecule has 2 unspecified atom stereocenters. The van der Waals surface area contributed by atoms with Gasteiger partial charge in [0, 0.05) is 43.8 Å². The summed E-state index contributed by atoms with van der Waals surface area (Å²) in [7, 11) is 0. The minimum Gasteiger partial charge on any atom is -0.373 e. The molecule has 4 nitrogen and oxygen atoms in total. The Kier molecular flexibility index (Phi) is 3.63. The van der Waals surface area contributed by atoms with E-state index >= 15 is 0 Å². The Morgan fingerprint density at radius 1 is 1.16 bits per heavy atom. The van der Waals surface area contributed by atoms with Crippen molar-refractivity contribution in [1.29, 1.82) is 0 Å². The van der Waals surface area contributed by atoms with Crippen LogP contribution < -0.4 is 5.73 Å². The van der Waals surface area contributed by atoms with Gasteiger partial charge in [-0.25, -0.2) is 0 Å². The van der Waals surface area contributed by atoms with Crippen LogP contribution in [0.1, 0.15) is 40.0 Å². The second-order valence-corrected chi connectivity index (χ2v) is 7.05. The molecule has 1 saturated carbocycles. The van der Waals surface area contributed by atoms with E-state index < -0.39 is 0 Å². The lowest BCUT2D eigenvalue weighted by molar-refractivity contribution is -0.0987. The number of ether oxygens (including phenoxy) is 1. The molecule has 0 aromatic carbocycles. The second kappa shape index (κ2) is 4.99. The van der Waals surface area contributed by atoms with Crippen LogP contribution >= 0.6 is 0 Å². The van der Waals surface area contributed by atoms with Gasteiger partial charge in [0.2, 0.25) is 0 Å². The fraction of sp³-hybridized carbons (Fsp3) is 1.00. The summed E-state index contributed by atoms with van der Waals surface area (Å²) in [6, 6.07) is 1.53. The molecule has 4 heteroatoms. The highest BCUT2D eigenvalue weighted by Gasteiger charge is 2.50. The summed E-state index contributed by atoms with van der Waals surface area (Å²) in [6.07, 6.45) is 4.66. The maximum absolute atomic E-state index is 6.23. The first-order chi connectivity index (χ1) is 9.04. The zero-order valence-electron chi connectivity index (χ0n) is 12.6. The molecule has 3 aliphatic rings. The lowest BCUT2D eigenvalue weighted by Gasteiger charge is -2.46. The van der Waals surface area contributed by atoms with Gasteiger partial charge in [0.1, 0.15) is 0 Å². The molecule has 2 N–H and O–H groups in total. The highest BCUT2D eigenvalue weighted by molar-refractivity contribution is 5.07. The average Bonchev–Trinajstić information content (AvgIpc) is 3.12. The van der Waals surface area contributed by atoms with Crippen molar-refractivity contribution in [3.63, 3.8) is 0 Å². The summed E-state index contributed by atoms with van der Waals surface area (Å²) >= 11 is 0. The van der Waals surface area contributed by atoms with E-state index in [1.807, 2.05) is 0 Å². The number of nitrogens with zero attached hydrogens (tertiary/aromatic N) is 2. The number of rotatable bonds is 3. The normalized spacial score (nSPS) is 45.8. The fourth-order valence-electron chi connectivity index (χ4n) is 4.19. The van der Waals surface area contributed by atoms with Gasteiger partial charge >= 0.3 is 0 Å². The molecule has 2 aliphatic heterocycles. The monoisotopic (exact) mass is 267 g/mol. The average molecular weight is 267 g/mol. The third kappa shape index (κ3) is 2.56. The highest BCUT2D eigenvalue weighted by atomic mass is 16.5. The molecule has 0 radical (unpaired) electrons. The minimum atomic E-state index is 0.189. The SMILES string of the molecule is CC1CC(CN)(N2C[C@@H](C)O[C@@H](C)C2)CN1C1CC1. The van der Waals surface area contributed by atoms with Crippen LogP contribution in [0.15, 0.2) is 0 Å². The van der Waals surface area contributed by atoms with E-state index in [0.717, 1.165) is 32.2 Å². The van der Waals surface area contributed by atoms with Crippen LogP contribution in [0.2, 0.25) is 0 Å². The van der Waals surface area contributed by atoms with E-state index in [1.54, 1.807) is 0 Å². The molecule has 2 saturated heterocycles. The summed E-state index contributed by atoms with van der Waals surface area (Å²) in [5, 5.41) is 0. The zero-order valence-corrected chi connectivity index (χ0v) is 12.6. The molecule has 110 valence electrons. The first-order valence-corrected chi connectivity index (χ1v) is 7.90. The Hall–Kier alpha value is -0.160. The Labute approximate surface area is 117 Å². The second-order valence-electron chi connectivity index (χ2n) is 7.05.